The molecule has 46 heavy (non-hydrogen) atoms. The summed E-state index contributed by atoms with van der Waals surface area (Å²) in [7, 11) is -4.52. The minimum Gasteiger partial charge on any atom is -0.456 e. The van der Waals surface area contributed by atoms with Gasteiger partial charge in [-0.1, -0.05) is 91.0 Å². The van der Waals surface area contributed by atoms with E-state index in [1.807, 2.05) is 91.0 Å². The number of rotatable bonds is 5. The van der Waals surface area contributed by atoms with Gasteiger partial charge in [-0.2, -0.15) is 8.42 Å². The predicted molar refractivity (Wildman–Crippen MR) is 184 cm³/mol. The lowest BCUT2D eigenvalue weighted by Crippen LogP contribution is -2.05. The van der Waals surface area contributed by atoms with Crippen molar-refractivity contribution in [3.63, 3.8) is 0 Å². The zero-order valence-corrected chi connectivity index (χ0v) is 25.2. The summed E-state index contributed by atoms with van der Waals surface area (Å²) in [5.74, 6) is 0.524. The summed E-state index contributed by atoms with van der Waals surface area (Å²) in [5, 5.41) is 9.25. The molecule has 7 heteroatoms. The Morgan fingerprint density at radius 1 is 0.609 bits per heavy atom. The first-order valence-corrected chi connectivity index (χ1v) is 16.2. The SMILES string of the molecule is O=S(=O)(O)c1ccccc1-c1c2ccc(=Nc3cccc4ccccc34)cc-2oc2cc(Nc3cccc4ccccc34)ccc12. The Labute approximate surface area is 265 Å². The number of hydrogen-bond donors (Lipinski definition) is 2. The van der Waals surface area contributed by atoms with Gasteiger partial charge in [0.2, 0.25) is 0 Å². The molecule has 6 nitrogen and oxygen atoms in total. The van der Waals surface area contributed by atoms with E-state index in [1.54, 1.807) is 18.2 Å². The van der Waals surface area contributed by atoms with Crippen LogP contribution in [0.15, 0.2) is 160 Å². The second kappa shape index (κ2) is 11.0. The molecule has 0 radical (unpaired) electrons. The van der Waals surface area contributed by atoms with Crippen LogP contribution in [0.25, 0.3) is 55.0 Å². The molecule has 0 aromatic heterocycles. The maximum Gasteiger partial charge on any atom is 0.295 e. The van der Waals surface area contributed by atoms with Crippen molar-refractivity contribution in [3.8, 4) is 22.5 Å². The summed E-state index contributed by atoms with van der Waals surface area (Å²) in [6.45, 7) is 0. The fourth-order valence-corrected chi connectivity index (χ4v) is 6.85. The van der Waals surface area contributed by atoms with Crippen LogP contribution >= 0.6 is 0 Å². The summed E-state index contributed by atoms with van der Waals surface area (Å²) in [6.07, 6.45) is 0. The molecule has 0 fully saturated rings. The van der Waals surface area contributed by atoms with Crippen LogP contribution in [-0.2, 0) is 10.1 Å². The lowest BCUT2D eigenvalue weighted by atomic mass is 9.93. The first-order valence-electron chi connectivity index (χ1n) is 14.8. The van der Waals surface area contributed by atoms with Gasteiger partial charge in [-0.3, -0.25) is 4.55 Å². The fourth-order valence-electron chi connectivity index (χ4n) is 6.15. The minimum atomic E-state index is -4.52. The van der Waals surface area contributed by atoms with Crippen molar-refractivity contribution in [3.05, 3.63) is 151 Å². The standard InChI is InChI=1S/C39H26N2O4S/c42-46(43,44)38-18-6-5-15-33(38)39-31-21-19-27(40-34-16-7-11-25-9-1-3-13-29(25)34)23-36(31)45-37-24-28(20-22-32(37)39)41-35-17-8-12-26-10-2-4-14-30(26)35/h1-24,40H,(H,42,43,44). The largest absolute Gasteiger partial charge is 0.456 e. The number of benzene rings is 7. The number of hydrogen-bond acceptors (Lipinski definition) is 5. The van der Waals surface area contributed by atoms with Gasteiger partial charge in [-0.15, -0.1) is 0 Å². The molecule has 0 unspecified atom stereocenters. The second-order valence-corrected chi connectivity index (χ2v) is 12.5. The van der Waals surface area contributed by atoms with Crippen LogP contribution in [0.5, 0.6) is 0 Å². The zero-order valence-electron chi connectivity index (χ0n) is 24.4. The van der Waals surface area contributed by atoms with Crippen molar-refractivity contribution in [2.45, 2.75) is 4.90 Å². The van der Waals surface area contributed by atoms with E-state index in [9.17, 15) is 13.0 Å². The van der Waals surface area contributed by atoms with Crippen LogP contribution < -0.4 is 10.7 Å². The highest BCUT2D eigenvalue weighted by atomic mass is 32.2. The average molecular weight is 619 g/mol. The van der Waals surface area contributed by atoms with E-state index >= 15 is 0 Å². The Morgan fingerprint density at radius 2 is 1.30 bits per heavy atom. The van der Waals surface area contributed by atoms with E-state index in [0.717, 1.165) is 38.6 Å². The van der Waals surface area contributed by atoms with Crippen LogP contribution in [0.3, 0.4) is 0 Å². The molecule has 0 saturated heterocycles. The van der Waals surface area contributed by atoms with E-state index in [1.165, 1.54) is 6.07 Å². The van der Waals surface area contributed by atoms with Gasteiger partial charge in [0.15, 0.2) is 0 Å². The van der Waals surface area contributed by atoms with Crippen molar-refractivity contribution < 1.29 is 17.4 Å². The number of anilines is 2. The van der Waals surface area contributed by atoms with Crippen LogP contribution in [-0.4, -0.2) is 13.0 Å². The van der Waals surface area contributed by atoms with Crippen molar-refractivity contribution in [1.29, 1.82) is 0 Å². The molecule has 0 bridgehead atoms. The van der Waals surface area contributed by atoms with Crippen molar-refractivity contribution in [2.24, 2.45) is 4.99 Å². The van der Waals surface area contributed by atoms with Crippen LogP contribution in [0.1, 0.15) is 0 Å². The molecule has 6 aromatic carbocycles. The Bertz CT molecular complexity index is 2600. The van der Waals surface area contributed by atoms with Crippen molar-refractivity contribution >= 4 is 59.7 Å². The van der Waals surface area contributed by atoms with E-state index in [2.05, 4.69) is 35.6 Å². The Morgan fingerprint density at radius 3 is 2.13 bits per heavy atom. The van der Waals surface area contributed by atoms with Gasteiger partial charge in [0.05, 0.1) is 11.0 Å². The lowest BCUT2D eigenvalue weighted by Gasteiger charge is -2.18. The van der Waals surface area contributed by atoms with Gasteiger partial charge >= 0.3 is 0 Å². The molecular formula is C39H26N2O4S. The highest BCUT2D eigenvalue weighted by Crippen LogP contribution is 2.43. The Kier molecular flexibility index (Phi) is 6.64. The number of nitrogens with one attached hydrogen (secondary N) is 1. The molecule has 1 heterocycles. The van der Waals surface area contributed by atoms with Gasteiger partial charge in [0.25, 0.3) is 10.1 Å². The van der Waals surface area contributed by atoms with Gasteiger partial charge in [0, 0.05) is 56.4 Å². The van der Waals surface area contributed by atoms with Crippen LogP contribution in [0.2, 0.25) is 0 Å². The molecule has 0 spiro atoms. The van der Waals surface area contributed by atoms with E-state index in [-0.39, 0.29) is 4.90 Å². The maximum atomic E-state index is 12.5. The quantitative estimate of drug-likeness (QED) is 0.148. The Hall–Kier alpha value is -5.76. The van der Waals surface area contributed by atoms with E-state index in [4.69, 9.17) is 9.41 Å². The summed E-state index contributed by atoms with van der Waals surface area (Å²) in [5.41, 5.74) is 4.83. The minimum absolute atomic E-state index is 0.175. The molecule has 8 rings (SSSR count). The predicted octanol–water partition coefficient (Wildman–Crippen LogP) is 9.73. The first kappa shape index (κ1) is 27.8. The van der Waals surface area contributed by atoms with Gasteiger partial charge in [-0.25, -0.2) is 4.99 Å². The van der Waals surface area contributed by atoms with Crippen LogP contribution in [0.4, 0.5) is 17.1 Å². The lowest BCUT2D eigenvalue weighted by molar-refractivity contribution is 0.483. The molecule has 0 atom stereocenters. The molecule has 1 aliphatic heterocycles. The first-order chi connectivity index (χ1) is 22.4. The number of nitrogens with zero attached hydrogens (tertiary/aromatic N) is 1. The monoisotopic (exact) mass is 618 g/mol. The zero-order chi connectivity index (χ0) is 31.3. The third kappa shape index (κ3) is 4.98. The smallest absolute Gasteiger partial charge is 0.295 e. The summed E-state index contributed by atoms with van der Waals surface area (Å²) in [6, 6.07) is 46.2. The molecule has 0 amide bonds. The summed E-state index contributed by atoms with van der Waals surface area (Å²) in [4.78, 5) is 4.78. The normalized spacial score (nSPS) is 12.3. The van der Waals surface area contributed by atoms with Crippen molar-refractivity contribution in [2.75, 3.05) is 5.32 Å². The number of fused-ring (bicyclic) bond motifs is 4. The topological polar surface area (TPSA) is 91.9 Å². The summed E-state index contributed by atoms with van der Waals surface area (Å²) >= 11 is 0. The van der Waals surface area contributed by atoms with Gasteiger partial charge in [0.1, 0.15) is 16.2 Å². The molecule has 222 valence electrons. The second-order valence-electron chi connectivity index (χ2n) is 11.1. The fraction of sp³-hybridized carbons (Fsp3) is 0. The molecule has 6 aromatic rings. The summed E-state index contributed by atoms with van der Waals surface area (Å²) < 4.78 is 41.8. The average Bonchev–Trinajstić information content (AvgIpc) is 3.07. The molecule has 1 aliphatic carbocycles. The molecular weight excluding hydrogens is 593 g/mol. The molecule has 2 N–H and O–H groups in total. The third-order valence-corrected chi connectivity index (χ3v) is 9.14. The van der Waals surface area contributed by atoms with Gasteiger partial charge in [-0.05, 0) is 53.2 Å². The van der Waals surface area contributed by atoms with Gasteiger partial charge < -0.3 is 9.73 Å². The van der Waals surface area contributed by atoms with E-state index < -0.39 is 10.1 Å². The van der Waals surface area contributed by atoms with Crippen LogP contribution in [0, 0.1) is 0 Å². The highest BCUT2D eigenvalue weighted by Gasteiger charge is 2.23. The van der Waals surface area contributed by atoms with E-state index in [0.29, 0.717) is 38.8 Å². The van der Waals surface area contributed by atoms with Crippen molar-refractivity contribution in [1.82, 2.24) is 0 Å². The maximum absolute atomic E-state index is 12.5. The third-order valence-electron chi connectivity index (χ3n) is 8.22. The molecule has 0 saturated carbocycles. The molecule has 2 aliphatic rings. The Balaban J connectivity index is 1.36. The highest BCUT2D eigenvalue weighted by molar-refractivity contribution is 7.86.